The van der Waals surface area contributed by atoms with Gasteiger partial charge in [0.25, 0.3) is 10.1 Å². The van der Waals surface area contributed by atoms with Gasteiger partial charge in [-0.25, -0.2) is 4.79 Å². The molecule has 0 amide bonds. The van der Waals surface area contributed by atoms with E-state index >= 15 is 0 Å². The number of carbonyl (C=O) groups excluding carboxylic acids is 1. The SMILES string of the molecule is O=C(O)CC(C(=O)O)S(=O)(=O)O.O=C1CO1. The van der Waals surface area contributed by atoms with E-state index in [1.165, 1.54) is 0 Å². The minimum atomic E-state index is -4.84. The molecule has 92 valence electrons. The lowest BCUT2D eigenvalue weighted by Gasteiger charge is -2.04. The van der Waals surface area contributed by atoms with Crippen molar-refractivity contribution in [2.75, 3.05) is 6.61 Å². The molecule has 3 N–H and O–H groups in total. The summed E-state index contributed by atoms with van der Waals surface area (Å²) in [6.45, 7) is 0.347. The van der Waals surface area contributed by atoms with Crippen molar-refractivity contribution >= 4 is 28.0 Å². The van der Waals surface area contributed by atoms with Crippen LogP contribution in [0.5, 0.6) is 0 Å². The number of epoxide rings is 1. The average Bonchev–Trinajstić information content (AvgIpc) is 2.81. The fraction of sp³-hybridized carbons (Fsp3) is 0.500. The van der Waals surface area contributed by atoms with Crippen molar-refractivity contribution < 1.29 is 42.3 Å². The van der Waals surface area contributed by atoms with Crippen molar-refractivity contribution in [2.24, 2.45) is 0 Å². The van der Waals surface area contributed by atoms with Gasteiger partial charge in [0, 0.05) is 0 Å². The Hall–Kier alpha value is -1.68. The molecule has 0 bridgehead atoms. The van der Waals surface area contributed by atoms with Gasteiger partial charge in [-0.3, -0.25) is 14.1 Å². The molecular weight excluding hydrogens is 248 g/mol. The van der Waals surface area contributed by atoms with Crippen molar-refractivity contribution in [2.45, 2.75) is 11.7 Å². The van der Waals surface area contributed by atoms with Crippen LogP contribution in [0, 0.1) is 0 Å². The summed E-state index contributed by atoms with van der Waals surface area (Å²) in [5, 5.41) is 13.9. The summed E-state index contributed by atoms with van der Waals surface area (Å²) in [5.41, 5.74) is 0. The molecule has 16 heavy (non-hydrogen) atoms. The molecule has 1 saturated heterocycles. The number of carboxylic acid groups (broad SMARTS) is 2. The van der Waals surface area contributed by atoms with E-state index in [2.05, 4.69) is 4.74 Å². The Bertz CT molecular complexity index is 388. The second-order valence-corrected chi connectivity index (χ2v) is 4.20. The molecule has 1 atom stereocenters. The maximum Gasteiger partial charge on any atom is 0.344 e. The summed E-state index contributed by atoms with van der Waals surface area (Å²) in [6.07, 6.45) is -1.16. The van der Waals surface area contributed by atoms with Crippen molar-refractivity contribution in [3.8, 4) is 0 Å². The van der Waals surface area contributed by atoms with Gasteiger partial charge in [0.05, 0.1) is 6.42 Å². The summed E-state index contributed by atoms with van der Waals surface area (Å²) in [5.74, 6) is -3.58. The number of cyclic esters (lactones) is 1. The molecular formula is C6H8O9S. The first-order valence-corrected chi connectivity index (χ1v) is 5.21. The minimum Gasteiger partial charge on any atom is -0.481 e. The molecule has 0 radical (unpaired) electrons. The van der Waals surface area contributed by atoms with Gasteiger partial charge in [0.15, 0.2) is 11.9 Å². The predicted molar refractivity (Wildman–Crippen MR) is 46.2 cm³/mol. The largest absolute Gasteiger partial charge is 0.481 e. The topological polar surface area (TPSA) is 159 Å². The molecule has 0 aliphatic carbocycles. The fourth-order valence-corrected chi connectivity index (χ4v) is 1.12. The Balaban J connectivity index is 0.000000462. The zero-order chi connectivity index (χ0) is 12.9. The highest BCUT2D eigenvalue weighted by atomic mass is 32.2. The van der Waals surface area contributed by atoms with E-state index in [1.54, 1.807) is 0 Å². The van der Waals surface area contributed by atoms with E-state index in [-0.39, 0.29) is 5.97 Å². The van der Waals surface area contributed by atoms with E-state index < -0.39 is 33.7 Å². The average molecular weight is 256 g/mol. The first-order chi connectivity index (χ1) is 7.14. The van der Waals surface area contributed by atoms with E-state index in [9.17, 15) is 22.8 Å². The first-order valence-electron chi connectivity index (χ1n) is 3.71. The third kappa shape index (κ3) is 6.73. The first kappa shape index (κ1) is 14.3. The van der Waals surface area contributed by atoms with E-state index in [0.29, 0.717) is 6.61 Å². The number of aliphatic carboxylic acids is 2. The molecule has 1 aliphatic rings. The van der Waals surface area contributed by atoms with Gasteiger partial charge in [-0.2, -0.15) is 8.42 Å². The van der Waals surface area contributed by atoms with Gasteiger partial charge in [-0.05, 0) is 0 Å². The molecule has 0 aromatic heterocycles. The third-order valence-electron chi connectivity index (χ3n) is 1.26. The van der Waals surface area contributed by atoms with E-state index in [1.807, 2.05) is 0 Å². The number of hydrogen-bond donors (Lipinski definition) is 3. The second-order valence-electron chi connectivity index (χ2n) is 2.60. The van der Waals surface area contributed by atoms with Crippen molar-refractivity contribution in [3.63, 3.8) is 0 Å². The zero-order valence-electron chi connectivity index (χ0n) is 7.69. The molecule has 0 spiro atoms. The number of ether oxygens (including phenoxy) is 1. The maximum absolute atomic E-state index is 10.2. The number of carboxylic acids is 2. The van der Waals surface area contributed by atoms with Crippen LogP contribution >= 0.6 is 0 Å². The molecule has 0 aromatic rings. The molecule has 1 aliphatic heterocycles. The van der Waals surface area contributed by atoms with Crippen molar-refractivity contribution in [1.29, 1.82) is 0 Å². The second kappa shape index (κ2) is 5.42. The molecule has 1 rings (SSSR count). The van der Waals surface area contributed by atoms with Crippen LogP contribution in [-0.4, -0.2) is 52.9 Å². The summed E-state index contributed by atoms with van der Waals surface area (Å²) >= 11 is 0. The van der Waals surface area contributed by atoms with Gasteiger partial charge in [-0.1, -0.05) is 0 Å². The summed E-state index contributed by atoms with van der Waals surface area (Å²) in [6, 6.07) is 0. The van der Waals surface area contributed by atoms with Gasteiger partial charge >= 0.3 is 17.9 Å². The molecule has 1 fully saturated rings. The van der Waals surface area contributed by atoms with E-state index in [4.69, 9.17) is 14.8 Å². The smallest absolute Gasteiger partial charge is 0.344 e. The summed E-state index contributed by atoms with van der Waals surface area (Å²) in [7, 11) is -4.84. The maximum atomic E-state index is 10.2. The lowest BCUT2D eigenvalue weighted by Crippen LogP contribution is -2.31. The van der Waals surface area contributed by atoms with Crippen LogP contribution in [0.15, 0.2) is 0 Å². The monoisotopic (exact) mass is 256 g/mol. The Morgan fingerprint density at radius 1 is 1.38 bits per heavy atom. The standard InChI is InChI=1S/C4H6O7S.C2H2O2/c5-3(6)1-2(4(7)8)12(9,10)11;3-2-1-4-2/h2H,1H2,(H,5,6)(H,7,8)(H,9,10,11);1H2. The van der Waals surface area contributed by atoms with Crippen LogP contribution in [0.4, 0.5) is 0 Å². The van der Waals surface area contributed by atoms with Crippen LogP contribution in [-0.2, 0) is 29.2 Å². The summed E-state index contributed by atoms with van der Waals surface area (Å²) < 4.78 is 32.7. The highest BCUT2D eigenvalue weighted by molar-refractivity contribution is 7.87. The van der Waals surface area contributed by atoms with Crippen molar-refractivity contribution in [3.05, 3.63) is 0 Å². The Labute approximate surface area is 89.4 Å². The van der Waals surface area contributed by atoms with Gasteiger partial charge in [-0.15, -0.1) is 0 Å². The van der Waals surface area contributed by atoms with Crippen LogP contribution in [0.2, 0.25) is 0 Å². The van der Waals surface area contributed by atoms with Gasteiger partial charge in [0.1, 0.15) is 0 Å². The molecule has 10 heteroatoms. The molecule has 0 saturated carbocycles. The van der Waals surface area contributed by atoms with Crippen LogP contribution in [0.1, 0.15) is 6.42 Å². The highest BCUT2D eigenvalue weighted by Crippen LogP contribution is 2.04. The van der Waals surface area contributed by atoms with Crippen LogP contribution in [0.25, 0.3) is 0 Å². The minimum absolute atomic E-state index is 0.0833. The Morgan fingerprint density at radius 3 is 1.81 bits per heavy atom. The number of rotatable bonds is 4. The molecule has 1 unspecified atom stereocenters. The Kier molecular flexibility index (Phi) is 4.85. The third-order valence-corrected chi connectivity index (χ3v) is 2.34. The fourth-order valence-electron chi connectivity index (χ4n) is 0.508. The normalized spacial score (nSPS) is 15.2. The van der Waals surface area contributed by atoms with Crippen LogP contribution < -0.4 is 0 Å². The zero-order valence-corrected chi connectivity index (χ0v) is 8.51. The lowest BCUT2D eigenvalue weighted by molar-refractivity contribution is -0.143. The molecule has 1 heterocycles. The molecule has 9 nitrogen and oxygen atoms in total. The predicted octanol–water partition coefficient (Wildman–Crippen LogP) is -1.65. The number of carbonyl (C=O) groups is 3. The van der Waals surface area contributed by atoms with Crippen LogP contribution in [0.3, 0.4) is 0 Å². The number of hydrogen-bond acceptors (Lipinski definition) is 6. The van der Waals surface area contributed by atoms with E-state index in [0.717, 1.165) is 0 Å². The van der Waals surface area contributed by atoms with Gasteiger partial charge in [0.2, 0.25) is 0 Å². The van der Waals surface area contributed by atoms with Gasteiger partial charge < -0.3 is 14.9 Å². The summed E-state index contributed by atoms with van der Waals surface area (Å²) in [4.78, 5) is 29.3. The van der Waals surface area contributed by atoms with Crippen molar-refractivity contribution in [1.82, 2.24) is 0 Å². The quantitative estimate of drug-likeness (QED) is 0.395. The highest BCUT2D eigenvalue weighted by Gasteiger charge is 2.33. The molecule has 0 aromatic carbocycles. The Morgan fingerprint density at radius 2 is 1.75 bits per heavy atom. The lowest BCUT2D eigenvalue weighted by atomic mass is 10.3.